The molecule has 0 fully saturated rings. The van der Waals surface area contributed by atoms with Crippen molar-refractivity contribution in [2.24, 2.45) is 0 Å². The molecule has 1 amide bonds. The highest BCUT2D eigenvalue weighted by Gasteiger charge is 2.12. The van der Waals surface area contributed by atoms with Crippen molar-refractivity contribution in [2.45, 2.75) is 34.3 Å². The third-order valence-corrected chi connectivity index (χ3v) is 5.59. The zero-order valence-corrected chi connectivity index (χ0v) is 16.4. The van der Waals surface area contributed by atoms with Gasteiger partial charge in [0, 0.05) is 11.3 Å². The molecule has 4 heteroatoms. The van der Waals surface area contributed by atoms with Crippen LogP contribution in [0.3, 0.4) is 0 Å². The molecular weight excluding hydrogens is 342 g/mol. The normalized spacial score (nSPS) is 10.6. The van der Waals surface area contributed by atoms with E-state index < -0.39 is 0 Å². The van der Waals surface area contributed by atoms with Crippen molar-refractivity contribution in [3.8, 4) is 5.75 Å². The van der Waals surface area contributed by atoms with Crippen LogP contribution in [0.1, 0.15) is 37.5 Å². The van der Waals surface area contributed by atoms with Crippen molar-refractivity contribution >= 4 is 22.9 Å². The number of benzene rings is 2. The van der Waals surface area contributed by atoms with Gasteiger partial charge in [0.05, 0.1) is 4.88 Å². The van der Waals surface area contributed by atoms with Gasteiger partial charge < -0.3 is 10.1 Å². The molecule has 0 saturated heterocycles. The second kappa shape index (κ2) is 7.75. The largest absolute Gasteiger partial charge is 0.489 e. The fraction of sp³-hybridized carbons (Fsp3) is 0.227. The van der Waals surface area contributed by atoms with Gasteiger partial charge >= 0.3 is 0 Å². The molecule has 0 radical (unpaired) electrons. The van der Waals surface area contributed by atoms with Gasteiger partial charge in [-0.05, 0) is 79.6 Å². The first kappa shape index (κ1) is 18.2. The molecule has 0 saturated carbocycles. The summed E-state index contributed by atoms with van der Waals surface area (Å²) in [7, 11) is 0. The minimum Gasteiger partial charge on any atom is -0.489 e. The number of carbonyl (C=O) groups is 1. The molecule has 3 rings (SSSR count). The van der Waals surface area contributed by atoms with Crippen molar-refractivity contribution in [1.82, 2.24) is 0 Å². The summed E-state index contributed by atoms with van der Waals surface area (Å²) in [6.45, 7) is 8.66. The summed E-state index contributed by atoms with van der Waals surface area (Å²) < 4.78 is 5.85. The van der Waals surface area contributed by atoms with Crippen molar-refractivity contribution in [1.29, 1.82) is 0 Å². The minimum absolute atomic E-state index is 0.0823. The number of ether oxygens (including phenoxy) is 1. The van der Waals surface area contributed by atoms with E-state index in [0.29, 0.717) is 11.5 Å². The average Bonchev–Trinajstić information content (AvgIpc) is 3.09. The number of amides is 1. The van der Waals surface area contributed by atoms with Crippen molar-refractivity contribution in [2.75, 3.05) is 5.32 Å². The van der Waals surface area contributed by atoms with Gasteiger partial charge in [-0.15, -0.1) is 11.3 Å². The van der Waals surface area contributed by atoms with E-state index in [9.17, 15) is 4.79 Å². The number of thiophene rings is 1. The zero-order valence-electron chi connectivity index (χ0n) is 15.6. The standard InChI is InChI=1S/C22H23NO2S/c1-14-8-9-19(10-16(14)3)25-12-18-11-21(26-13-18)22(24)23-20-7-5-6-15(2)17(20)4/h5-11,13H,12H2,1-4H3,(H,23,24). The van der Waals surface area contributed by atoms with E-state index in [1.54, 1.807) is 0 Å². The lowest BCUT2D eigenvalue weighted by Gasteiger charge is -2.09. The Labute approximate surface area is 158 Å². The molecular formula is C22H23NO2S. The van der Waals surface area contributed by atoms with Crippen molar-refractivity contribution in [3.05, 3.63) is 80.5 Å². The predicted molar refractivity (Wildman–Crippen MR) is 108 cm³/mol. The van der Waals surface area contributed by atoms with Gasteiger partial charge in [0.2, 0.25) is 0 Å². The number of carbonyl (C=O) groups excluding carboxylic acids is 1. The second-order valence-corrected chi connectivity index (χ2v) is 7.47. The maximum absolute atomic E-state index is 12.5. The highest BCUT2D eigenvalue weighted by Crippen LogP contribution is 2.23. The summed E-state index contributed by atoms with van der Waals surface area (Å²) in [4.78, 5) is 13.2. The molecule has 0 aliphatic heterocycles. The van der Waals surface area contributed by atoms with Crippen LogP contribution in [0.15, 0.2) is 47.8 Å². The van der Waals surface area contributed by atoms with Crippen LogP contribution >= 0.6 is 11.3 Å². The molecule has 3 aromatic rings. The lowest BCUT2D eigenvalue weighted by atomic mass is 10.1. The first-order valence-corrected chi connectivity index (χ1v) is 9.47. The third-order valence-electron chi connectivity index (χ3n) is 4.61. The first-order valence-electron chi connectivity index (χ1n) is 8.59. The zero-order chi connectivity index (χ0) is 18.7. The van der Waals surface area contributed by atoms with E-state index in [0.717, 1.165) is 28.1 Å². The summed E-state index contributed by atoms with van der Waals surface area (Å²) in [5, 5.41) is 4.97. The number of hydrogen-bond acceptors (Lipinski definition) is 3. The minimum atomic E-state index is -0.0823. The van der Waals surface area contributed by atoms with Crippen LogP contribution in [-0.4, -0.2) is 5.91 Å². The summed E-state index contributed by atoms with van der Waals surface area (Å²) >= 11 is 1.44. The van der Waals surface area contributed by atoms with Crippen molar-refractivity contribution < 1.29 is 9.53 Å². The molecule has 0 bridgehead atoms. The number of nitrogens with one attached hydrogen (secondary N) is 1. The van der Waals surface area contributed by atoms with Gasteiger partial charge in [-0.2, -0.15) is 0 Å². The van der Waals surface area contributed by atoms with Gasteiger partial charge in [0.1, 0.15) is 12.4 Å². The van der Waals surface area contributed by atoms with Crippen LogP contribution in [0, 0.1) is 27.7 Å². The molecule has 26 heavy (non-hydrogen) atoms. The second-order valence-electron chi connectivity index (χ2n) is 6.56. The molecule has 1 heterocycles. The van der Waals surface area contributed by atoms with Crippen LogP contribution in [-0.2, 0) is 6.61 Å². The predicted octanol–water partition coefficient (Wildman–Crippen LogP) is 5.81. The Bertz CT molecular complexity index is 943. The Morgan fingerprint density at radius 1 is 1.00 bits per heavy atom. The highest BCUT2D eigenvalue weighted by atomic mass is 32.1. The molecule has 134 valence electrons. The molecule has 2 aromatic carbocycles. The topological polar surface area (TPSA) is 38.3 Å². The first-order chi connectivity index (χ1) is 12.4. The van der Waals surface area contributed by atoms with Gasteiger partial charge in [0.15, 0.2) is 0 Å². The fourth-order valence-electron chi connectivity index (χ4n) is 2.61. The molecule has 1 aromatic heterocycles. The number of hydrogen-bond donors (Lipinski definition) is 1. The molecule has 0 unspecified atom stereocenters. The Balaban J connectivity index is 1.64. The van der Waals surface area contributed by atoms with Crippen LogP contribution in [0.4, 0.5) is 5.69 Å². The average molecular weight is 365 g/mol. The lowest BCUT2D eigenvalue weighted by Crippen LogP contribution is -2.11. The van der Waals surface area contributed by atoms with Crippen molar-refractivity contribution in [3.63, 3.8) is 0 Å². The summed E-state index contributed by atoms with van der Waals surface area (Å²) in [5.41, 5.74) is 6.57. The quantitative estimate of drug-likeness (QED) is 0.619. The van der Waals surface area contributed by atoms with Gasteiger partial charge in [-0.25, -0.2) is 0 Å². The fourth-order valence-corrected chi connectivity index (χ4v) is 3.40. The SMILES string of the molecule is Cc1ccc(OCc2csc(C(=O)Nc3cccc(C)c3C)c2)cc1C. The highest BCUT2D eigenvalue weighted by molar-refractivity contribution is 7.12. The van der Waals surface area contributed by atoms with Crippen LogP contribution < -0.4 is 10.1 Å². The summed E-state index contributed by atoms with van der Waals surface area (Å²) in [5.74, 6) is 0.766. The van der Waals surface area contributed by atoms with Gasteiger partial charge in [0.25, 0.3) is 5.91 Å². The van der Waals surface area contributed by atoms with Gasteiger partial charge in [-0.3, -0.25) is 4.79 Å². The van der Waals surface area contributed by atoms with Crippen LogP contribution in [0.2, 0.25) is 0 Å². The smallest absolute Gasteiger partial charge is 0.265 e. The maximum atomic E-state index is 12.5. The van der Waals surface area contributed by atoms with E-state index in [1.165, 1.54) is 22.5 Å². The van der Waals surface area contributed by atoms with Crippen LogP contribution in [0.5, 0.6) is 5.75 Å². The summed E-state index contributed by atoms with van der Waals surface area (Å²) in [6, 6.07) is 13.9. The number of rotatable bonds is 5. The van der Waals surface area contributed by atoms with E-state index in [4.69, 9.17) is 4.74 Å². The number of anilines is 1. The molecule has 3 nitrogen and oxygen atoms in total. The Morgan fingerprint density at radius 3 is 2.58 bits per heavy atom. The van der Waals surface area contributed by atoms with E-state index >= 15 is 0 Å². The maximum Gasteiger partial charge on any atom is 0.265 e. The summed E-state index contributed by atoms with van der Waals surface area (Å²) in [6.07, 6.45) is 0. The third kappa shape index (κ3) is 4.14. The van der Waals surface area contributed by atoms with Crippen LogP contribution in [0.25, 0.3) is 0 Å². The molecule has 0 spiro atoms. The van der Waals surface area contributed by atoms with E-state index in [2.05, 4.69) is 25.2 Å². The Morgan fingerprint density at radius 2 is 1.81 bits per heavy atom. The molecule has 0 atom stereocenters. The Hall–Kier alpha value is -2.59. The lowest BCUT2D eigenvalue weighted by molar-refractivity contribution is 0.103. The Kier molecular flexibility index (Phi) is 5.43. The number of aryl methyl sites for hydroxylation is 3. The molecule has 0 aliphatic carbocycles. The van der Waals surface area contributed by atoms with E-state index in [-0.39, 0.29) is 5.91 Å². The molecule has 1 N–H and O–H groups in total. The molecule has 0 aliphatic rings. The monoisotopic (exact) mass is 365 g/mol. The van der Waals surface area contributed by atoms with E-state index in [1.807, 2.05) is 55.6 Å². The van der Waals surface area contributed by atoms with Gasteiger partial charge in [-0.1, -0.05) is 18.2 Å².